The number of aromatic nitrogens is 2. The smallest absolute Gasteiger partial charge is 0.185 e. The number of nitrogens with zero attached hydrogens (tertiary/aromatic N) is 2. The average Bonchev–Trinajstić information content (AvgIpc) is 2.34. The molecule has 0 amide bonds. The molecule has 3 nitrogen and oxygen atoms in total. The Morgan fingerprint density at radius 2 is 2.09 bits per heavy atom. The summed E-state index contributed by atoms with van der Waals surface area (Å²) in [5.74, 6) is 0. The van der Waals surface area contributed by atoms with Gasteiger partial charge in [0, 0.05) is 6.20 Å². The Morgan fingerprint density at radius 3 is 2.82 bits per heavy atom. The van der Waals surface area contributed by atoms with Crippen molar-refractivity contribution in [1.29, 1.82) is 0 Å². The zero-order valence-corrected chi connectivity index (χ0v) is 6.46. The van der Waals surface area contributed by atoms with Crippen LogP contribution in [0.25, 0.3) is 11.0 Å². The van der Waals surface area contributed by atoms with E-state index < -0.39 is 0 Å². The number of fused-ring (bicyclic) bond motifs is 1. The van der Waals surface area contributed by atoms with Crippen LogP contribution in [-0.4, -0.2) is 10.1 Å². The summed E-state index contributed by atoms with van der Waals surface area (Å²) < 4.78 is 5.02. The van der Waals surface area contributed by atoms with Crippen LogP contribution >= 0.6 is 0 Å². The second-order valence-corrected chi connectivity index (χ2v) is 2.60. The average molecular weight is 148 g/mol. The van der Waals surface area contributed by atoms with E-state index >= 15 is 0 Å². The number of pyridine rings is 1. The van der Waals surface area contributed by atoms with Crippen molar-refractivity contribution in [3.63, 3.8) is 0 Å². The Bertz CT molecular complexity index is 392. The molecule has 0 aliphatic heterocycles. The lowest BCUT2D eigenvalue weighted by Gasteiger charge is -1.90. The highest BCUT2D eigenvalue weighted by molar-refractivity contribution is 5.81. The molecule has 0 saturated heterocycles. The third kappa shape index (κ3) is 0.808. The van der Waals surface area contributed by atoms with Crippen LogP contribution in [0.15, 0.2) is 16.9 Å². The van der Waals surface area contributed by atoms with Gasteiger partial charge in [-0.15, -0.1) is 0 Å². The number of hydrogen-bond acceptors (Lipinski definition) is 3. The molecule has 0 atom stereocenters. The summed E-state index contributed by atoms with van der Waals surface area (Å²) in [6, 6.07) is 0. The fourth-order valence-electron chi connectivity index (χ4n) is 1.24. The maximum atomic E-state index is 5.02. The van der Waals surface area contributed by atoms with Gasteiger partial charge in [-0.05, 0) is 19.4 Å². The van der Waals surface area contributed by atoms with Crippen molar-refractivity contribution in [3.05, 3.63) is 23.7 Å². The van der Waals surface area contributed by atoms with Gasteiger partial charge < -0.3 is 4.52 Å². The van der Waals surface area contributed by atoms with Crippen LogP contribution in [0.4, 0.5) is 0 Å². The molecule has 0 N–H and O–H groups in total. The van der Waals surface area contributed by atoms with Crippen molar-refractivity contribution in [2.24, 2.45) is 0 Å². The highest BCUT2D eigenvalue weighted by Crippen LogP contribution is 2.19. The molecule has 11 heavy (non-hydrogen) atoms. The van der Waals surface area contributed by atoms with Gasteiger partial charge in [0.2, 0.25) is 0 Å². The molecular formula is C8H8N2O. The summed E-state index contributed by atoms with van der Waals surface area (Å²) in [5.41, 5.74) is 2.81. The summed E-state index contributed by atoms with van der Waals surface area (Å²) in [7, 11) is 0. The van der Waals surface area contributed by atoms with Gasteiger partial charge in [-0.25, -0.2) is 0 Å². The van der Waals surface area contributed by atoms with E-state index in [2.05, 4.69) is 10.1 Å². The van der Waals surface area contributed by atoms with Gasteiger partial charge in [0.1, 0.15) is 0 Å². The van der Waals surface area contributed by atoms with Crippen LogP contribution in [0.3, 0.4) is 0 Å². The van der Waals surface area contributed by atoms with E-state index in [1.165, 1.54) is 0 Å². The van der Waals surface area contributed by atoms with Crippen molar-refractivity contribution in [1.82, 2.24) is 10.1 Å². The van der Waals surface area contributed by atoms with Crippen molar-refractivity contribution >= 4 is 11.0 Å². The molecule has 2 heterocycles. The first-order valence-corrected chi connectivity index (χ1v) is 3.45. The molecule has 0 aliphatic rings. The summed E-state index contributed by atoms with van der Waals surface area (Å²) >= 11 is 0. The van der Waals surface area contributed by atoms with Gasteiger partial charge in [-0.3, -0.25) is 4.98 Å². The zero-order valence-electron chi connectivity index (χ0n) is 6.46. The fraction of sp³-hybridized carbons (Fsp3) is 0.250. The number of aryl methyl sites for hydroxylation is 2. The Kier molecular flexibility index (Phi) is 1.18. The van der Waals surface area contributed by atoms with Crippen LogP contribution < -0.4 is 0 Å². The molecule has 2 aromatic rings. The molecular weight excluding hydrogens is 140 g/mol. The lowest BCUT2D eigenvalue weighted by Crippen LogP contribution is -1.78. The monoisotopic (exact) mass is 148 g/mol. The van der Waals surface area contributed by atoms with Crippen molar-refractivity contribution in [3.8, 4) is 0 Å². The Hall–Kier alpha value is -1.38. The summed E-state index contributed by atoms with van der Waals surface area (Å²) in [4.78, 5) is 3.99. The van der Waals surface area contributed by atoms with Crippen LogP contribution in [0.1, 0.15) is 11.3 Å². The molecule has 0 fully saturated rings. The molecule has 0 radical (unpaired) electrons. The van der Waals surface area contributed by atoms with Crippen LogP contribution in [0.5, 0.6) is 0 Å². The van der Waals surface area contributed by atoms with Crippen molar-refractivity contribution < 1.29 is 4.52 Å². The van der Waals surface area contributed by atoms with E-state index in [1.54, 1.807) is 6.20 Å². The van der Waals surface area contributed by atoms with Crippen LogP contribution in [0.2, 0.25) is 0 Å². The summed E-state index contributed by atoms with van der Waals surface area (Å²) in [6.45, 7) is 3.93. The van der Waals surface area contributed by atoms with Gasteiger partial charge in [0.25, 0.3) is 0 Å². The van der Waals surface area contributed by atoms with Crippen molar-refractivity contribution in [2.75, 3.05) is 0 Å². The zero-order chi connectivity index (χ0) is 7.84. The quantitative estimate of drug-likeness (QED) is 0.572. The number of hydrogen-bond donors (Lipinski definition) is 0. The second-order valence-electron chi connectivity index (χ2n) is 2.60. The first-order valence-electron chi connectivity index (χ1n) is 3.45. The Balaban J connectivity index is 2.96. The number of rotatable bonds is 0. The van der Waals surface area contributed by atoms with E-state index in [9.17, 15) is 0 Å². The lowest BCUT2D eigenvalue weighted by molar-refractivity contribution is 0.449. The highest BCUT2D eigenvalue weighted by Gasteiger charge is 2.05. The largest absolute Gasteiger partial charge is 0.354 e. The molecule has 0 bridgehead atoms. The minimum Gasteiger partial charge on any atom is -0.354 e. The normalized spacial score (nSPS) is 10.7. The molecule has 2 aromatic heterocycles. The van der Waals surface area contributed by atoms with E-state index in [-0.39, 0.29) is 0 Å². The van der Waals surface area contributed by atoms with Crippen LogP contribution in [-0.2, 0) is 0 Å². The Labute approximate surface area is 64.0 Å². The Morgan fingerprint density at radius 1 is 1.27 bits per heavy atom. The SMILES string of the molecule is Cc1cncc2onc(C)c12. The van der Waals surface area contributed by atoms with E-state index in [1.807, 2.05) is 20.0 Å². The standard InChI is InChI=1S/C8H8N2O/c1-5-3-9-4-7-8(5)6(2)10-11-7/h3-4H,1-2H3. The fourth-order valence-corrected chi connectivity index (χ4v) is 1.24. The maximum Gasteiger partial charge on any atom is 0.185 e. The van der Waals surface area contributed by atoms with Gasteiger partial charge >= 0.3 is 0 Å². The van der Waals surface area contributed by atoms with Gasteiger partial charge in [-0.2, -0.15) is 0 Å². The molecule has 2 rings (SSSR count). The van der Waals surface area contributed by atoms with Crippen LogP contribution in [0, 0.1) is 13.8 Å². The van der Waals surface area contributed by atoms with Gasteiger partial charge in [0.15, 0.2) is 5.58 Å². The summed E-state index contributed by atoms with van der Waals surface area (Å²) in [6.07, 6.45) is 3.49. The molecule has 0 unspecified atom stereocenters. The predicted molar refractivity (Wildman–Crippen MR) is 41.3 cm³/mol. The minimum atomic E-state index is 0.766. The van der Waals surface area contributed by atoms with Gasteiger partial charge in [0.05, 0.1) is 17.3 Å². The maximum absolute atomic E-state index is 5.02. The third-order valence-corrected chi connectivity index (χ3v) is 1.74. The van der Waals surface area contributed by atoms with E-state index in [0.29, 0.717) is 0 Å². The van der Waals surface area contributed by atoms with Crippen molar-refractivity contribution in [2.45, 2.75) is 13.8 Å². The molecule has 0 spiro atoms. The first kappa shape index (κ1) is 6.34. The topological polar surface area (TPSA) is 38.9 Å². The second kappa shape index (κ2) is 2.05. The van der Waals surface area contributed by atoms with Gasteiger partial charge in [-0.1, -0.05) is 5.16 Å². The van der Waals surface area contributed by atoms with E-state index in [4.69, 9.17) is 4.52 Å². The third-order valence-electron chi connectivity index (χ3n) is 1.74. The highest BCUT2D eigenvalue weighted by atomic mass is 16.5. The predicted octanol–water partition coefficient (Wildman–Crippen LogP) is 1.84. The van der Waals surface area contributed by atoms with E-state index in [0.717, 1.165) is 22.2 Å². The minimum absolute atomic E-state index is 0.766. The molecule has 0 aromatic carbocycles. The lowest BCUT2D eigenvalue weighted by atomic mass is 10.2. The first-order chi connectivity index (χ1) is 5.29. The molecule has 0 saturated carbocycles. The molecule has 0 aliphatic carbocycles. The molecule has 3 heteroatoms. The summed E-state index contributed by atoms with van der Waals surface area (Å²) in [5, 5.41) is 4.92. The molecule has 56 valence electrons.